The molecule has 1 aliphatic carbocycles. The third-order valence-electron chi connectivity index (χ3n) is 4.12. The zero-order valence-electron chi connectivity index (χ0n) is 12.0. The lowest BCUT2D eigenvalue weighted by Crippen LogP contribution is -2.37. The zero-order chi connectivity index (χ0) is 12.3. The van der Waals surface area contributed by atoms with E-state index in [2.05, 4.69) is 17.1 Å². The summed E-state index contributed by atoms with van der Waals surface area (Å²) < 4.78 is 0. The van der Waals surface area contributed by atoms with Crippen LogP contribution in [-0.4, -0.2) is 37.6 Å². The van der Waals surface area contributed by atoms with E-state index in [9.17, 15) is 0 Å². The molecule has 17 heavy (non-hydrogen) atoms. The number of nitrogens with zero attached hydrogens (tertiary/aromatic N) is 1. The maximum absolute atomic E-state index is 3.22. The van der Waals surface area contributed by atoms with Gasteiger partial charge in [0.2, 0.25) is 0 Å². The van der Waals surface area contributed by atoms with Gasteiger partial charge in [-0.25, -0.2) is 0 Å². The zero-order valence-corrected chi connectivity index (χ0v) is 12.0. The van der Waals surface area contributed by atoms with Gasteiger partial charge >= 0.3 is 0 Å². The molecule has 1 aliphatic rings. The fourth-order valence-corrected chi connectivity index (χ4v) is 3.02. The molecule has 1 N–H and O–H groups in total. The van der Waals surface area contributed by atoms with Gasteiger partial charge in [-0.2, -0.15) is 0 Å². The van der Waals surface area contributed by atoms with E-state index in [-0.39, 0.29) is 0 Å². The molecule has 0 amide bonds. The van der Waals surface area contributed by atoms with Gasteiger partial charge < -0.3 is 10.2 Å². The summed E-state index contributed by atoms with van der Waals surface area (Å²) in [6.07, 6.45) is 12.8. The Labute approximate surface area is 108 Å². The van der Waals surface area contributed by atoms with E-state index in [0.29, 0.717) is 0 Å². The summed E-state index contributed by atoms with van der Waals surface area (Å²) in [5.41, 5.74) is 0. The van der Waals surface area contributed by atoms with Crippen molar-refractivity contribution in [1.82, 2.24) is 10.2 Å². The standard InChI is InChI=1S/C15H32N2/c1-3-17(15-11-7-6-8-12-15)14-10-5-4-9-13-16-2/h15-16H,3-14H2,1-2H3. The quantitative estimate of drug-likeness (QED) is 0.621. The monoisotopic (exact) mass is 240 g/mol. The first-order chi connectivity index (χ1) is 8.38. The predicted octanol–water partition coefficient (Wildman–Crippen LogP) is 3.42. The first-order valence-corrected chi connectivity index (χ1v) is 7.77. The molecule has 0 saturated heterocycles. The molecule has 102 valence electrons. The third kappa shape index (κ3) is 6.42. The highest BCUT2D eigenvalue weighted by Crippen LogP contribution is 2.22. The summed E-state index contributed by atoms with van der Waals surface area (Å²) in [5, 5.41) is 3.22. The number of unbranched alkanes of at least 4 members (excludes halogenated alkanes) is 3. The summed E-state index contributed by atoms with van der Waals surface area (Å²) in [6, 6.07) is 0.908. The van der Waals surface area contributed by atoms with Crippen LogP contribution in [0.25, 0.3) is 0 Å². The first-order valence-electron chi connectivity index (χ1n) is 7.77. The Bertz CT molecular complexity index is 164. The number of hydrogen-bond donors (Lipinski definition) is 1. The van der Waals surface area contributed by atoms with Crippen LogP contribution in [0.1, 0.15) is 64.7 Å². The largest absolute Gasteiger partial charge is 0.320 e. The topological polar surface area (TPSA) is 15.3 Å². The second-order valence-corrected chi connectivity index (χ2v) is 5.44. The fourth-order valence-electron chi connectivity index (χ4n) is 3.02. The highest BCUT2D eigenvalue weighted by molar-refractivity contribution is 4.74. The molecule has 2 heteroatoms. The summed E-state index contributed by atoms with van der Waals surface area (Å²) >= 11 is 0. The molecule has 0 unspecified atom stereocenters. The van der Waals surface area contributed by atoms with Crippen molar-refractivity contribution in [3.63, 3.8) is 0 Å². The molecule has 0 aromatic rings. The Morgan fingerprint density at radius 2 is 1.71 bits per heavy atom. The van der Waals surface area contributed by atoms with Gasteiger partial charge in [0.1, 0.15) is 0 Å². The lowest BCUT2D eigenvalue weighted by molar-refractivity contribution is 0.160. The van der Waals surface area contributed by atoms with E-state index >= 15 is 0 Å². The highest BCUT2D eigenvalue weighted by atomic mass is 15.1. The lowest BCUT2D eigenvalue weighted by atomic mass is 9.94. The molecule has 1 rings (SSSR count). The Kier molecular flexibility index (Phi) is 8.72. The van der Waals surface area contributed by atoms with Crippen molar-refractivity contribution in [3.8, 4) is 0 Å². The van der Waals surface area contributed by atoms with Crippen molar-refractivity contribution >= 4 is 0 Å². The molecule has 1 fully saturated rings. The van der Waals surface area contributed by atoms with Gasteiger partial charge in [-0.3, -0.25) is 0 Å². The van der Waals surface area contributed by atoms with E-state index in [0.717, 1.165) is 6.04 Å². The maximum Gasteiger partial charge on any atom is 0.00951 e. The van der Waals surface area contributed by atoms with Gasteiger partial charge in [0.25, 0.3) is 0 Å². The second kappa shape index (κ2) is 9.90. The molecular formula is C15H32N2. The van der Waals surface area contributed by atoms with Gasteiger partial charge in [0.05, 0.1) is 0 Å². The van der Waals surface area contributed by atoms with Crippen molar-refractivity contribution in [3.05, 3.63) is 0 Å². The second-order valence-electron chi connectivity index (χ2n) is 5.44. The molecule has 0 aromatic heterocycles. The van der Waals surface area contributed by atoms with Crippen LogP contribution in [-0.2, 0) is 0 Å². The molecule has 0 aromatic carbocycles. The average Bonchev–Trinajstić information content (AvgIpc) is 2.39. The van der Waals surface area contributed by atoms with Crippen molar-refractivity contribution in [2.24, 2.45) is 0 Å². The Hall–Kier alpha value is -0.0800. The van der Waals surface area contributed by atoms with E-state index < -0.39 is 0 Å². The van der Waals surface area contributed by atoms with Gasteiger partial charge in [-0.15, -0.1) is 0 Å². The average molecular weight is 240 g/mol. The molecular weight excluding hydrogens is 208 g/mol. The summed E-state index contributed by atoms with van der Waals surface area (Å²) in [5.74, 6) is 0. The van der Waals surface area contributed by atoms with E-state index in [1.54, 1.807) is 0 Å². The van der Waals surface area contributed by atoms with Gasteiger partial charge in [-0.1, -0.05) is 39.0 Å². The first kappa shape index (κ1) is 15.0. The Morgan fingerprint density at radius 3 is 2.35 bits per heavy atom. The highest BCUT2D eigenvalue weighted by Gasteiger charge is 2.18. The van der Waals surface area contributed by atoms with E-state index in [1.165, 1.54) is 77.4 Å². The molecule has 0 heterocycles. The predicted molar refractivity (Wildman–Crippen MR) is 76.5 cm³/mol. The van der Waals surface area contributed by atoms with Crippen LogP contribution in [0.4, 0.5) is 0 Å². The van der Waals surface area contributed by atoms with E-state index in [1.807, 2.05) is 7.05 Å². The molecule has 0 radical (unpaired) electrons. The van der Waals surface area contributed by atoms with Crippen LogP contribution in [0.3, 0.4) is 0 Å². The van der Waals surface area contributed by atoms with Crippen LogP contribution in [0.15, 0.2) is 0 Å². The normalized spacial score (nSPS) is 17.8. The Balaban J connectivity index is 2.05. The van der Waals surface area contributed by atoms with Crippen LogP contribution < -0.4 is 5.32 Å². The van der Waals surface area contributed by atoms with Crippen LogP contribution in [0.5, 0.6) is 0 Å². The molecule has 2 nitrogen and oxygen atoms in total. The van der Waals surface area contributed by atoms with Crippen LogP contribution in [0, 0.1) is 0 Å². The van der Waals surface area contributed by atoms with Gasteiger partial charge in [0, 0.05) is 6.04 Å². The van der Waals surface area contributed by atoms with Gasteiger partial charge in [-0.05, 0) is 52.4 Å². The minimum absolute atomic E-state index is 0.908. The third-order valence-corrected chi connectivity index (χ3v) is 4.12. The lowest BCUT2D eigenvalue weighted by Gasteiger charge is -2.33. The maximum atomic E-state index is 3.22. The fraction of sp³-hybridized carbons (Fsp3) is 1.00. The SMILES string of the molecule is CCN(CCCCCCNC)C1CCCCC1. The van der Waals surface area contributed by atoms with Crippen molar-refractivity contribution in [1.29, 1.82) is 0 Å². The summed E-state index contributed by atoms with van der Waals surface area (Å²) in [4.78, 5) is 2.73. The van der Waals surface area contributed by atoms with E-state index in [4.69, 9.17) is 0 Å². The van der Waals surface area contributed by atoms with Gasteiger partial charge in [0.15, 0.2) is 0 Å². The van der Waals surface area contributed by atoms with Crippen molar-refractivity contribution < 1.29 is 0 Å². The smallest absolute Gasteiger partial charge is 0.00951 e. The Morgan fingerprint density at radius 1 is 1.00 bits per heavy atom. The van der Waals surface area contributed by atoms with Crippen LogP contribution in [0.2, 0.25) is 0 Å². The number of nitrogens with one attached hydrogen (secondary N) is 1. The number of hydrogen-bond acceptors (Lipinski definition) is 2. The van der Waals surface area contributed by atoms with Crippen molar-refractivity contribution in [2.45, 2.75) is 70.8 Å². The molecule has 0 bridgehead atoms. The molecule has 0 aliphatic heterocycles. The minimum Gasteiger partial charge on any atom is -0.320 e. The number of rotatable bonds is 9. The molecule has 0 spiro atoms. The molecule has 0 atom stereocenters. The summed E-state index contributed by atoms with van der Waals surface area (Å²) in [7, 11) is 2.04. The van der Waals surface area contributed by atoms with Crippen molar-refractivity contribution in [2.75, 3.05) is 26.7 Å². The summed E-state index contributed by atoms with van der Waals surface area (Å²) in [6.45, 7) is 6.09. The minimum atomic E-state index is 0.908. The molecule has 1 saturated carbocycles. The van der Waals surface area contributed by atoms with Crippen LogP contribution >= 0.6 is 0 Å².